The SMILES string of the molecule is CC(=O)c1cc2c(cc1NC(=O)CN(C)C1CCN(C(=O)O)CC1)OCO2. The maximum atomic E-state index is 12.5. The summed E-state index contributed by atoms with van der Waals surface area (Å²) in [6.07, 6.45) is 0.450. The Morgan fingerprint density at radius 1 is 1.22 bits per heavy atom. The number of amides is 2. The molecule has 1 aromatic rings. The van der Waals surface area contributed by atoms with Crippen LogP contribution < -0.4 is 14.8 Å². The fourth-order valence-electron chi connectivity index (χ4n) is 3.38. The predicted molar refractivity (Wildman–Crippen MR) is 96.4 cm³/mol. The summed E-state index contributed by atoms with van der Waals surface area (Å²) in [7, 11) is 1.84. The van der Waals surface area contributed by atoms with Crippen LogP contribution in [0.15, 0.2) is 12.1 Å². The lowest BCUT2D eigenvalue weighted by Gasteiger charge is -2.35. The van der Waals surface area contributed by atoms with E-state index in [4.69, 9.17) is 14.6 Å². The lowest BCUT2D eigenvalue weighted by molar-refractivity contribution is -0.117. The largest absolute Gasteiger partial charge is 0.465 e. The number of nitrogens with one attached hydrogen (secondary N) is 1. The zero-order valence-electron chi connectivity index (χ0n) is 15.4. The van der Waals surface area contributed by atoms with Gasteiger partial charge in [-0.05, 0) is 32.9 Å². The minimum absolute atomic E-state index is 0.0852. The van der Waals surface area contributed by atoms with Gasteiger partial charge in [0.2, 0.25) is 12.7 Å². The summed E-state index contributed by atoms with van der Waals surface area (Å²) in [5, 5.41) is 11.8. The number of carbonyl (C=O) groups excluding carboxylic acids is 2. The number of fused-ring (bicyclic) bond motifs is 1. The van der Waals surface area contributed by atoms with Gasteiger partial charge in [-0.3, -0.25) is 14.5 Å². The molecule has 0 bridgehead atoms. The van der Waals surface area contributed by atoms with Crippen LogP contribution in [0.25, 0.3) is 0 Å². The third-order valence-corrected chi connectivity index (χ3v) is 4.92. The number of ether oxygens (including phenoxy) is 2. The van der Waals surface area contributed by atoms with Crippen LogP contribution in [0.4, 0.5) is 10.5 Å². The standard InChI is InChI=1S/C18H23N3O6/c1-11(22)13-7-15-16(27-10-26-15)8-14(13)19-17(23)9-20(2)12-3-5-21(6-4-12)18(24)25/h7-8,12H,3-6,9-10H2,1-2H3,(H,19,23)(H,24,25). The normalized spacial score (nSPS) is 16.5. The fraction of sp³-hybridized carbons (Fsp3) is 0.500. The zero-order valence-corrected chi connectivity index (χ0v) is 15.4. The molecule has 27 heavy (non-hydrogen) atoms. The van der Waals surface area contributed by atoms with Gasteiger partial charge in [0.25, 0.3) is 0 Å². The molecule has 2 aliphatic rings. The molecular weight excluding hydrogens is 354 g/mol. The molecule has 2 N–H and O–H groups in total. The maximum Gasteiger partial charge on any atom is 0.407 e. The molecule has 2 heterocycles. The van der Waals surface area contributed by atoms with Crippen molar-refractivity contribution in [2.75, 3.05) is 38.8 Å². The molecule has 0 aromatic heterocycles. The van der Waals surface area contributed by atoms with Gasteiger partial charge in [0.1, 0.15) is 0 Å². The molecule has 2 aliphatic heterocycles. The highest BCUT2D eigenvalue weighted by atomic mass is 16.7. The molecule has 1 fully saturated rings. The molecule has 0 spiro atoms. The number of rotatable bonds is 5. The number of likely N-dealkylation sites (tertiary alicyclic amines) is 1. The molecule has 9 heteroatoms. The van der Waals surface area contributed by atoms with Gasteiger partial charge in [0.15, 0.2) is 17.3 Å². The van der Waals surface area contributed by atoms with Crippen molar-refractivity contribution in [2.24, 2.45) is 0 Å². The Bertz CT molecular complexity index is 758. The summed E-state index contributed by atoms with van der Waals surface area (Å²) in [5.41, 5.74) is 0.760. The van der Waals surface area contributed by atoms with E-state index in [0.29, 0.717) is 48.7 Å². The molecule has 9 nitrogen and oxygen atoms in total. The van der Waals surface area contributed by atoms with Crippen LogP contribution in [-0.4, -0.2) is 72.2 Å². The van der Waals surface area contributed by atoms with E-state index >= 15 is 0 Å². The van der Waals surface area contributed by atoms with Crippen molar-refractivity contribution in [3.63, 3.8) is 0 Å². The Balaban J connectivity index is 1.61. The highest BCUT2D eigenvalue weighted by Crippen LogP contribution is 2.37. The van der Waals surface area contributed by atoms with Crippen molar-refractivity contribution >= 4 is 23.5 Å². The first-order valence-corrected chi connectivity index (χ1v) is 8.77. The minimum atomic E-state index is -0.909. The van der Waals surface area contributed by atoms with E-state index in [0.717, 1.165) is 0 Å². The predicted octanol–water partition coefficient (Wildman–Crippen LogP) is 1.63. The number of likely N-dealkylation sites (N-methyl/N-ethyl adjacent to an activating group) is 1. The minimum Gasteiger partial charge on any atom is -0.465 e. The molecule has 0 aliphatic carbocycles. The number of carboxylic acid groups (broad SMARTS) is 1. The van der Waals surface area contributed by atoms with Gasteiger partial charge in [0.05, 0.1) is 12.2 Å². The molecule has 1 aromatic carbocycles. The Morgan fingerprint density at radius 3 is 2.44 bits per heavy atom. The van der Waals surface area contributed by atoms with Crippen LogP contribution in [0, 0.1) is 0 Å². The summed E-state index contributed by atoms with van der Waals surface area (Å²) in [6, 6.07) is 3.31. The van der Waals surface area contributed by atoms with Crippen molar-refractivity contribution in [3.05, 3.63) is 17.7 Å². The monoisotopic (exact) mass is 377 g/mol. The van der Waals surface area contributed by atoms with E-state index in [1.54, 1.807) is 12.1 Å². The second-order valence-electron chi connectivity index (χ2n) is 6.77. The number of piperidine rings is 1. The Hall–Kier alpha value is -2.81. The van der Waals surface area contributed by atoms with Gasteiger partial charge in [0, 0.05) is 30.8 Å². The highest BCUT2D eigenvalue weighted by Gasteiger charge is 2.26. The highest BCUT2D eigenvalue weighted by molar-refractivity contribution is 6.05. The number of Topliss-reactive ketones (excluding diaryl/α,β-unsaturated/α-hetero) is 1. The Labute approximate surface area is 156 Å². The summed E-state index contributed by atoms with van der Waals surface area (Å²) >= 11 is 0. The second kappa shape index (κ2) is 7.83. The number of hydrogen-bond acceptors (Lipinski definition) is 6. The van der Waals surface area contributed by atoms with E-state index in [-0.39, 0.29) is 31.1 Å². The Morgan fingerprint density at radius 2 is 1.85 bits per heavy atom. The molecule has 0 saturated carbocycles. The quantitative estimate of drug-likeness (QED) is 0.751. The number of carbonyl (C=O) groups is 3. The van der Waals surface area contributed by atoms with Crippen molar-refractivity contribution in [1.29, 1.82) is 0 Å². The molecule has 1 saturated heterocycles. The van der Waals surface area contributed by atoms with E-state index in [1.165, 1.54) is 11.8 Å². The van der Waals surface area contributed by atoms with Crippen LogP contribution in [-0.2, 0) is 4.79 Å². The third kappa shape index (κ3) is 4.30. The van der Waals surface area contributed by atoms with E-state index in [1.807, 2.05) is 11.9 Å². The van der Waals surface area contributed by atoms with Gasteiger partial charge in [-0.2, -0.15) is 0 Å². The van der Waals surface area contributed by atoms with Crippen LogP contribution in [0.1, 0.15) is 30.1 Å². The van der Waals surface area contributed by atoms with Gasteiger partial charge in [-0.1, -0.05) is 0 Å². The lowest BCUT2D eigenvalue weighted by atomic mass is 10.0. The summed E-state index contributed by atoms with van der Waals surface area (Å²) < 4.78 is 10.6. The van der Waals surface area contributed by atoms with Crippen molar-refractivity contribution in [1.82, 2.24) is 9.80 Å². The van der Waals surface area contributed by atoms with E-state index < -0.39 is 6.09 Å². The number of nitrogens with zero attached hydrogens (tertiary/aromatic N) is 2. The molecule has 0 radical (unpaired) electrons. The van der Waals surface area contributed by atoms with Crippen molar-refractivity contribution < 1.29 is 29.0 Å². The van der Waals surface area contributed by atoms with E-state index in [9.17, 15) is 14.4 Å². The van der Waals surface area contributed by atoms with E-state index in [2.05, 4.69) is 5.32 Å². The summed E-state index contributed by atoms with van der Waals surface area (Å²) in [6.45, 7) is 2.58. The molecule has 0 atom stereocenters. The number of ketones is 1. The smallest absolute Gasteiger partial charge is 0.407 e. The van der Waals surface area contributed by atoms with Gasteiger partial charge < -0.3 is 24.8 Å². The first-order valence-electron chi connectivity index (χ1n) is 8.77. The molecule has 146 valence electrons. The summed E-state index contributed by atoms with van der Waals surface area (Å²) in [4.78, 5) is 38.6. The van der Waals surface area contributed by atoms with Crippen LogP contribution in [0.2, 0.25) is 0 Å². The first kappa shape index (κ1) is 19.0. The third-order valence-electron chi connectivity index (χ3n) is 4.92. The van der Waals surface area contributed by atoms with Crippen molar-refractivity contribution in [3.8, 4) is 11.5 Å². The number of hydrogen-bond donors (Lipinski definition) is 2. The number of anilines is 1. The van der Waals surface area contributed by atoms with Crippen LogP contribution in [0.3, 0.4) is 0 Å². The molecule has 2 amide bonds. The number of benzene rings is 1. The molecule has 3 rings (SSSR count). The van der Waals surface area contributed by atoms with Crippen LogP contribution >= 0.6 is 0 Å². The van der Waals surface area contributed by atoms with Gasteiger partial charge >= 0.3 is 6.09 Å². The van der Waals surface area contributed by atoms with Gasteiger partial charge in [-0.25, -0.2) is 4.79 Å². The lowest BCUT2D eigenvalue weighted by Crippen LogP contribution is -2.47. The van der Waals surface area contributed by atoms with Gasteiger partial charge in [-0.15, -0.1) is 0 Å². The fourth-order valence-corrected chi connectivity index (χ4v) is 3.38. The Kier molecular flexibility index (Phi) is 5.50. The molecular formula is C18H23N3O6. The maximum absolute atomic E-state index is 12.5. The molecule has 0 unspecified atom stereocenters. The average Bonchev–Trinajstić information content (AvgIpc) is 3.08. The van der Waals surface area contributed by atoms with Crippen LogP contribution in [0.5, 0.6) is 11.5 Å². The second-order valence-corrected chi connectivity index (χ2v) is 6.77. The zero-order chi connectivity index (χ0) is 19.6. The first-order chi connectivity index (χ1) is 12.8. The van der Waals surface area contributed by atoms with Crippen molar-refractivity contribution in [2.45, 2.75) is 25.8 Å². The summed E-state index contributed by atoms with van der Waals surface area (Å²) in [5.74, 6) is 0.544. The topological polar surface area (TPSA) is 108 Å². The average molecular weight is 377 g/mol.